The highest BCUT2D eigenvalue weighted by Gasteiger charge is 2.29. The van der Waals surface area contributed by atoms with E-state index in [0.717, 1.165) is 14.7 Å². The van der Waals surface area contributed by atoms with Gasteiger partial charge in [-0.25, -0.2) is 9.07 Å². The monoisotopic (exact) mass is 508 g/mol. The van der Waals surface area contributed by atoms with Crippen LogP contribution in [-0.2, 0) is 11.4 Å². The van der Waals surface area contributed by atoms with Crippen molar-refractivity contribution in [2.75, 3.05) is 11.9 Å². The van der Waals surface area contributed by atoms with Gasteiger partial charge in [-0.15, -0.1) is 0 Å². The van der Waals surface area contributed by atoms with Crippen LogP contribution in [0.4, 0.5) is 10.3 Å². The molecule has 29 heavy (non-hydrogen) atoms. The van der Waals surface area contributed by atoms with Crippen LogP contribution in [0.3, 0.4) is 0 Å². The molecule has 0 spiro atoms. The average molecular weight is 508 g/mol. The van der Waals surface area contributed by atoms with Crippen molar-refractivity contribution in [2.24, 2.45) is 0 Å². The van der Waals surface area contributed by atoms with Crippen LogP contribution in [0.1, 0.15) is 30.5 Å². The van der Waals surface area contributed by atoms with Crippen LogP contribution in [0.5, 0.6) is 11.5 Å². The van der Waals surface area contributed by atoms with Gasteiger partial charge in [-0.1, -0.05) is 12.1 Å². The van der Waals surface area contributed by atoms with Crippen molar-refractivity contribution in [3.63, 3.8) is 0 Å². The van der Waals surface area contributed by atoms with E-state index in [9.17, 15) is 9.18 Å². The Morgan fingerprint density at radius 2 is 2.07 bits per heavy atom. The molecule has 0 fully saturated rings. The quantitative estimate of drug-likeness (QED) is 0.511. The van der Waals surface area contributed by atoms with Gasteiger partial charge < -0.3 is 9.47 Å². The van der Waals surface area contributed by atoms with Gasteiger partial charge in [-0.05, 0) is 64.9 Å². The van der Waals surface area contributed by atoms with Crippen LogP contribution >= 0.6 is 22.6 Å². The number of hydrogen-bond acceptors (Lipinski definition) is 5. The molecule has 2 aromatic carbocycles. The number of anilines is 1. The van der Waals surface area contributed by atoms with Gasteiger partial charge in [0.15, 0.2) is 11.5 Å². The highest BCUT2D eigenvalue weighted by Crippen LogP contribution is 2.39. The van der Waals surface area contributed by atoms with E-state index < -0.39 is 0 Å². The van der Waals surface area contributed by atoms with Crippen molar-refractivity contribution in [1.82, 2.24) is 14.8 Å². The third-order valence-electron chi connectivity index (χ3n) is 4.51. The first kappa shape index (κ1) is 19.6. The number of carbonyl (C=O) groups is 1. The molecule has 0 saturated carbocycles. The lowest BCUT2D eigenvalue weighted by molar-refractivity contribution is -0.117. The molecule has 1 amide bonds. The Morgan fingerprint density at radius 3 is 2.83 bits per heavy atom. The molecule has 9 heteroatoms. The smallest absolute Gasteiger partial charge is 0.229 e. The van der Waals surface area contributed by atoms with Crippen LogP contribution in [0.25, 0.3) is 0 Å². The van der Waals surface area contributed by atoms with E-state index in [2.05, 4.69) is 38.0 Å². The Morgan fingerprint density at radius 1 is 1.28 bits per heavy atom. The normalized spacial score (nSPS) is 15.6. The predicted molar refractivity (Wildman–Crippen MR) is 112 cm³/mol. The zero-order valence-electron chi connectivity index (χ0n) is 15.6. The number of carbonyl (C=O) groups excluding carboxylic acids is 1. The predicted octanol–water partition coefficient (Wildman–Crippen LogP) is 3.93. The summed E-state index contributed by atoms with van der Waals surface area (Å²) in [4.78, 5) is 16.2. The van der Waals surface area contributed by atoms with Crippen molar-refractivity contribution in [3.05, 3.63) is 63.2 Å². The van der Waals surface area contributed by atoms with Crippen molar-refractivity contribution in [3.8, 4) is 11.5 Å². The third kappa shape index (κ3) is 4.19. The van der Waals surface area contributed by atoms with E-state index >= 15 is 0 Å². The minimum Gasteiger partial charge on any atom is -0.490 e. The second-order valence-corrected chi connectivity index (χ2v) is 7.64. The van der Waals surface area contributed by atoms with Crippen molar-refractivity contribution in [2.45, 2.75) is 26.0 Å². The summed E-state index contributed by atoms with van der Waals surface area (Å²) in [6, 6.07) is 9.73. The fourth-order valence-corrected chi connectivity index (χ4v) is 3.97. The number of fused-ring (bicyclic) bond motifs is 1. The lowest BCUT2D eigenvalue weighted by atomic mass is 10.0. The fraction of sp³-hybridized carbons (Fsp3) is 0.250. The van der Waals surface area contributed by atoms with Crippen LogP contribution in [0.15, 0.2) is 42.7 Å². The molecule has 150 valence electrons. The van der Waals surface area contributed by atoms with Crippen LogP contribution in [0, 0.1) is 9.39 Å². The third-order valence-corrected chi connectivity index (χ3v) is 5.31. The maximum atomic E-state index is 13.1. The fourth-order valence-electron chi connectivity index (χ4n) is 3.18. The summed E-state index contributed by atoms with van der Waals surface area (Å²) in [6.45, 7) is 2.65. The molecule has 1 aromatic heterocycles. The number of nitrogens with one attached hydrogen (secondary N) is 1. The summed E-state index contributed by atoms with van der Waals surface area (Å²) < 4.78 is 27.5. The van der Waals surface area contributed by atoms with E-state index in [-0.39, 0.29) is 30.8 Å². The summed E-state index contributed by atoms with van der Waals surface area (Å²) in [5.41, 5.74) is 1.73. The van der Waals surface area contributed by atoms with Gasteiger partial charge >= 0.3 is 0 Å². The summed E-state index contributed by atoms with van der Waals surface area (Å²) >= 11 is 2.19. The molecule has 0 saturated heterocycles. The Bertz CT molecular complexity index is 1040. The van der Waals surface area contributed by atoms with Crippen LogP contribution < -0.4 is 14.8 Å². The summed E-state index contributed by atoms with van der Waals surface area (Å²) in [5, 5.41) is 6.96. The van der Waals surface area contributed by atoms with Crippen molar-refractivity contribution < 1.29 is 18.7 Å². The SMILES string of the molecule is CCOc1cc([C@@H]2CC(=O)Nc3ncnn32)cc(I)c1OCc1ccc(F)cc1. The molecule has 0 radical (unpaired) electrons. The molecule has 1 N–H and O–H groups in total. The molecule has 3 aromatic rings. The topological polar surface area (TPSA) is 78.3 Å². The molecule has 0 aliphatic carbocycles. The van der Waals surface area contributed by atoms with E-state index in [0.29, 0.717) is 24.1 Å². The van der Waals surface area contributed by atoms with Gasteiger partial charge in [0.25, 0.3) is 0 Å². The van der Waals surface area contributed by atoms with Gasteiger partial charge in [0, 0.05) is 0 Å². The Kier molecular flexibility index (Phi) is 5.65. The molecule has 4 rings (SSSR count). The van der Waals surface area contributed by atoms with Gasteiger partial charge in [0.05, 0.1) is 22.6 Å². The highest BCUT2D eigenvalue weighted by atomic mass is 127. The summed E-state index contributed by atoms with van der Waals surface area (Å²) in [7, 11) is 0. The number of amides is 1. The molecule has 7 nitrogen and oxygen atoms in total. The van der Waals surface area contributed by atoms with E-state index in [4.69, 9.17) is 9.47 Å². The van der Waals surface area contributed by atoms with Gasteiger partial charge in [-0.2, -0.15) is 10.1 Å². The Hall–Kier alpha value is -2.69. The zero-order chi connectivity index (χ0) is 20.4. The molecule has 1 atom stereocenters. The molecule has 1 aliphatic rings. The Balaban J connectivity index is 1.65. The van der Waals surface area contributed by atoms with E-state index in [1.807, 2.05) is 19.1 Å². The first-order valence-electron chi connectivity index (χ1n) is 9.08. The lowest BCUT2D eigenvalue weighted by Gasteiger charge is -2.25. The molecule has 0 unspecified atom stereocenters. The molecule has 0 bridgehead atoms. The number of benzene rings is 2. The number of rotatable bonds is 6. The largest absolute Gasteiger partial charge is 0.490 e. The Labute approximate surface area is 180 Å². The first-order chi connectivity index (χ1) is 14.0. The van der Waals surface area contributed by atoms with Gasteiger partial charge in [-0.3, -0.25) is 10.1 Å². The zero-order valence-corrected chi connectivity index (χ0v) is 17.7. The second-order valence-electron chi connectivity index (χ2n) is 6.47. The molecule has 2 heterocycles. The minimum absolute atomic E-state index is 0.111. The number of nitrogens with zero attached hydrogens (tertiary/aromatic N) is 3. The minimum atomic E-state index is -0.285. The molecule has 1 aliphatic heterocycles. The van der Waals surface area contributed by atoms with Gasteiger partial charge in [0.1, 0.15) is 18.8 Å². The summed E-state index contributed by atoms with van der Waals surface area (Å²) in [6.07, 6.45) is 1.68. The van der Waals surface area contributed by atoms with E-state index in [1.54, 1.807) is 16.8 Å². The first-order valence-corrected chi connectivity index (χ1v) is 10.2. The molecular weight excluding hydrogens is 490 g/mol. The van der Waals surface area contributed by atoms with Crippen LogP contribution in [0.2, 0.25) is 0 Å². The highest BCUT2D eigenvalue weighted by molar-refractivity contribution is 14.1. The number of halogens is 2. The maximum absolute atomic E-state index is 13.1. The number of hydrogen-bond donors (Lipinski definition) is 1. The lowest BCUT2D eigenvalue weighted by Crippen LogP contribution is -2.29. The summed E-state index contributed by atoms with van der Waals surface area (Å²) in [5.74, 6) is 1.23. The standard InChI is InChI=1S/C20H18FIN4O3/c1-2-28-17-8-13(16-9-18(27)25-20-23-11-24-26(16)20)7-15(22)19(17)29-10-12-3-5-14(21)6-4-12/h3-8,11,16H,2,9-10H2,1H3,(H,23,24,25,27)/t16-/m0/s1. The van der Waals surface area contributed by atoms with Crippen LogP contribution in [-0.4, -0.2) is 27.3 Å². The van der Waals surface area contributed by atoms with Gasteiger partial charge in [0.2, 0.25) is 11.9 Å². The van der Waals surface area contributed by atoms with E-state index in [1.165, 1.54) is 18.5 Å². The van der Waals surface area contributed by atoms with Crippen molar-refractivity contribution in [1.29, 1.82) is 0 Å². The second kappa shape index (κ2) is 8.36. The number of aromatic nitrogens is 3. The van der Waals surface area contributed by atoms with Crippen molar-refractivity contribution >= 4 is 34.4 Å². The maximum Gasteiger partial charge on any atom is 0.229 e. The molecular formula is C20H18FIN4O3. The number of ether oxygens (including phenoxy) is 2. The average Bonchev–Trinajstić information content (AvgIpc) is 3.16.